The van der Waals surface area contributed by atoms with E-state index in [2.05, 4.69) is 10.6 Å². The summed E-state index contributed by atoms with van der Waals surface area (Å²) in [6.45, 7) is 0. The minimum absolute atomic E-state index is 0.445. The van der Waals surface area contributed by atoms with Crippen LogP contribution in [0.4, 0.5) is 17.5 Å². The van der Waals surface area contributed by atoms with Crippen molar-refractivity contribution in [2.75, 3.05) is 17.7 Å². The summed E-state index contributed by atoms with van der Waals surface area (Å²) in [5, 5.41) is 7.91. The molecule has 0 aliphatic heterocycles. The first-order valence-corrected chi connectivity index (χ1v) is 9.27. The summed E-state index contributed by atoms with van der Waals surface area (Å²) in [4.78, 5) is 9.53. The van der Waals surface area contributed by atoms with Crippen LogP contribution in [0.5, 0.6) is 5.75 Å². The minimum Gasteiger partial charge on any atom is -0.494 e. The van der Waals surface area contributed by atoms with Crippen molar-refractivity contribution in [3.63, 3.8) is 0 Å². The van der Waals surface area contributed by atoms with Crippen LogP contribution in [0.3, 0.4) is 0 Å². The van der Waals surface area contributed by atoms with Gasteiger partial charge in [-0.1, -0.05) is 43.5 Å². The first-order valence-electron chi connectivity index (χ1n) is 9.27. The number of rotatable bonds is 5. The molecule has 1 heterocycles. The zero-order valence-electron chi connectivity index (χ0n) is 15.0. The summed E-state index contributed by atoms with van der Waals surface area (Å²) in [5.41, 5.74) is 1.82. The molecule has 26 heavy (non-hydrogen) atoms. The van der Waals surface area contributed by atoms with Crippen LogP contribution in [0.2, 0.25) is 0 Å². The Labute approximate surface area is 153 Å². The van der Waals surface area contributed by atoms with Crippen LogP contribution in [0.1, 0.15) is 32.1 Å². The summed E-state index contributed by atoms with van der Waals surface area (Å²) in [6, 6.07) is 16.4. The van der Waals surface area contributed by atoms with Crippen molar-refractivity contribution in [1.29, 1.82) is 0 Å². The Hall–Kier alpha value is -2.82. The molecule has 3 aromatic rings. The maximum Gasteiger partial charge on any atom is 0.225 e. The third-order valence-electron chi connectivity index (χ3n) is 4.88. The molecule has 0 saturated heterocycles. The standard InChI is InChI=1S/C21H24N4O/c1-26-18-14-8-13-17-19(18)24-21(23-16-11-6-3-7-12-16)25-20(17)22-15-9-4-2-5-10-15/h2,4-5,8-10,13-14,16H,3,6-7,11-12H2,1H3,(H2,22,23,24,25). The van der Waals surface area contributed by atoms with Crippen LogP contribution in [0, 0.1) is 0 Å². The van der Waals surface area contributed by atoms with Gasteiger partial charge in [-0.15, -0.1) is 0 Å². The van der Waals surface area contributed by atoms with Crippen LogP contribution in [-0.4, -0.2) is 23.1 Å². The Morgan fingerprint density at radius 2 is 1.73 bits per heavy atom. The quantitative estimate of drug-likeness (QED) is 0.669. The van der Waals surface area contributed by atoms with E-state index in [1.807, 2.05) is 48.5 Å². The number of methoxy groups -OCH3 is 1. The van der Waals surface area contributed by atoms with Crippen LogP contribution in [0.25, 0.3) is 10.9 Å². The molecule has 5 heteroatoms. The summed E-state index contributed by atoms with van der Waals surface area (Å²) in [6.07, 6.45) is 6.21. The average molecular weight is 348 g/mol. The second-order valence-corrected chi connectivity index (χ2v) is 6.72. The minimum atomic E-state index is 0.445. The fourth-order valence-electron chi connectivity index (χ4n) is 3.54. The van der Waals surface area contributed by atoms with Gasteiger partial charge in [-0.2, -0.15) is 4.98 Å². The van der Waals surface area contributed by atoms with Gasteiger partial charge in [0.25, 0.3) is 0 Å². The van der Waals surface area contributed by atoms with Crippen molar-refractivity contribution in [1.82, 2.24) is 9.97 Å². The van der Waals surface area contributed by atoms with Gasteiger partial charge < -0.3 is 15.4 Å². The second-order valence-electron chi connectivity index (χ2n) is 6.72. The molecule has 1 fully saturated rings. The van der Waals surface area contributed by atoms with E-state index < -0.39 is 0 Å². The van der Waals surface area contributed by atoms with Gasteiger partial charge in [0, 0.05) is 17.1 Å². The summed E-state index contributed by atoms with van der Waals surface area (Å²) in [5.74, 6) is 2.21. The molecule has 0 radical (unpaired) electrons. The second kappa shape index (κ2) is 7.60. The lowest BCUT2D eigenvalue weighted by Crippen LogP contribution is -2.23. The summed E-state index contributed by atoms with van der Waals surface area (Å²) in [7, 11) is 1.68. The average Bonchev–Trinajstić information content (AvgIpc) is 2.69. The number of nitrogens with one attached hydrogen (secondary N) is 2. The maximum atomic E-state index is 5.53. The van der Waals surface area contributed by atoms with Gasteiger partial charge in [-0.05, 0) is 37.1 Å². The molecular weight excluding hydrogens is 324 g/mol. The molecule has 2 aromatic carbocycles. The van der Waals surface area contributed by atoms with E-state index in [-0.39, 0.29) is 0 Å². The third-order valence-corrected chi connectivity index (χ3v) is 4.88. The largest absolute Gasteiger partial charge is 0.494 e. The number of fused-ring (bicyclic) bond motifs is 1. The number of ether oxygens (including phenoxy) is 1. The number of hydrogen-bond donors (Lipinski definition) is 2. The normalized spacial score (nSPS) is 15.0. The number of nitrogens with zero attached hydrogens (tertiary/aromatic N) is 2. The topological polar surface area (TPSA) is 59.1 Å². The van der Waals surface area contributed by atoms with Gasteiger partial charge in [0.1, 0.15) is 17.1 Å². The van der Waals surface area contributed by atoms with Crippen LogP contribution in [-0.2, 0) is 0 Å². The fraction of sp³-hybridized carbons (Fsp3) is 0.333. The molecular formula is C21H24N4O. The molecule has 0 spiro atoms. The summed E-state index contributed by atoms with van der Waals surface area (Å²) >= 11 is 0. The van der Waals surface area contributed by atoms with E-state index in [1.54, 1.807) is 7.11 Å². The molecule has 0 amide bonds. The van der Waals surface area contributed by atoms with Crippen molar-refractivity contribution in [3.8, 4) is 5.75 Å². The molecule has 1 aliphatic carbocycles. The van der Waals surface area contributed by atoms with Crippen molar-refractivity contribution < 1.29 is 4.74 Å². The predicted octanol–water partition coefficient (Wildman–Crippen LogP) is 5.13. The molecule has 0 atom stereocenters. The maximum absolute atomic E-state index is 5.53. The van der Waals surface area contributed by atoms with E-state index in [1.165, 1.54) is 32.1 Å². The van der Waals surface area contributed by atoms with Gasteiger partial charge in [0.05, 0.1) is 7.11 Å². The van der Waals surface area contributed by atoms with E-state index in [9.17, 15) is 0 Å². The highest BCUT2D eigenvalue weighted by Crippen LogP contribution is 2.31. The highest BCUT2D eigenvalue weighted by molar-refractivity contribution is 5.95. The van der Waals surface area contributed by atoms with Gasteiger partial charge in [0.2, 0.25) is 5.95 Å². The highest BCUT2D eigenvalue weighted by atomic mass is 16.5. The Kier molecular flexibility index (Phi) is 4.86. The van der Waals surface area contributed by atoms with Crippen molar-refractivity contribution in [2.24, 2.45) is 0 Å². The molecule has 0 unspecified atom stereocenters. The lowest BCUT2D eigenvalue weighted by Gasteiger charge is -2.23. The highest BCUT2D eigenvalue weighted by Gasteiger charge is 2.17. The van der Waals surface area contributed by atoms with E-state index in [0.717, 1.165) is 28.2 Å². The Morgan fingerprint density at radius 3 is 2.50 bits per heavy atom. The molecule has 1 aliphatic rings. The van der Waals surface area contributed by atoms with Crippen LogP contribution < -0.4 is 15.4 Å². The van der Waals surface area contributed by atoms with Crippen LogP contribution in [0.15, 0.2) is 48.5 Å². The number of hydrogen-bond acceptors (Lipinski definition) is 5. The Balaban J connectivity index is 1.74. The van der Waals surface area contributed by atoms with Gasteiger partial charge in [-0.25, -0.2) is 4.98 Å². The molecule has 4 rings (SSSR count). The lowest BCUT2D eigenvalue weighted by molar-refractivity contribution is 0.419. The molecule has 1 saturated carbocycles. The number of aromatic nitrogens is 2. The number of anilines is 3. The van der Waals surface area contributed by atoms with E-state index in [0.29, 0.717) is 12.0 Å². The van der Waals surface area contributed by atoms with Crippen molar-refractivity contribution >= 4 is 28.4 Å². The lowest BCUT2D eigenvalue weighted by atomic mass is 9.96. The third kappa shape index (κ3) is 3.57. The molecule has 2 N–H and O–H groups in total. The van der Waals surface area contributed by atoms with Crippen LogP contribution >= 0.6 is 0 Å². The predicted molar refractivity (Wildman–Crippen MR) is 106 cm³/mol. The van der Waals surface area contributed by atoms with Gasteiger partial charge in [-0.3, -0.25) is 0 Å². The molecule has 5 nitrogen and oxygen atoms in total. The molecule has 134 valence electrons. The Morgan fingerprint density at radius 1 is 0.923 bits per heavy atom. The SMILES string of the molecule is COc1cccc2c(Nc3ccccc3)nc(NC3CCCCC3)nc12. The molecule has 0 bridgehead atoms. The first kappa shape index (κ1) is 16.6. The monoisotopic (exact) mass is 348 g/mol. The number of benzene rings is 2. The smallest absolute Gasteiger partial charge is 0.225 e. The zero-order valence-corrected chi connectivity index (χ0v) is 15.0. The van der Waals surface area contributed by atoms with Gasteiger partial charge in [0.15, 0.2) is 0 Å². The van der Waals surface area contributed by atoms with E-state index in [4.69, 9.17) is 14.7 Å². The van der Waals surface area contributed by atoms with Crippen molar-refractivity contribution in [2.45, 2.75) is 38.1 Å². The van der Waals surface area contributed by atoms with Crippen molar-refractivity contribution in [3.05, 3.63) is 48.5 Å². The molecule has 1 aromatic heterocycles. The Bertz CT molecular complexity index is 876. The first-order chi connectivity index (χ1) is 12.8. The zero-order chi connectivity index (χ0) is 17.8. The van der Waals surface area contributed by atoms with Gasteiger partial charge >= 0.3 is 0 Å². The number of para-hydroxylation sites is 2. The summed E-state index contributed by atoms with van der Waals surface area (Å²) < 4.78 is 5.53. The van der Waals surface area contributed by atoms with E-state index >= 15 is 0 Å². The fourth-order valence-corrected chi connectivity index (χ4v) is 3.54.